The third-order valence-corrected chi connectivity index (χ3v) is 5.89. The highest BCUT2D eigenvalue weighted by Gasteiger charge is 2.45. The Labute approximate surface area is 145 Å². The Morgan fingerprint density at radius 2 is 1.80 bits per heavy atom. The first kappa shape index (κ1) is 14.9. The first-order valence-electron chi connectivity index (χ1n) is 8.58. The van der Waals surface area contributed by atoms with E-state index in [0.29, 0.717) is 11.1 Å². The number of hydrogen-bond donors (Lipinski definition) is 3. The van der Waals surface area contributed by atoms with Gasteiger partial charge in [0.2, 0.25) is 0 Å². The second-order valence-corrected chi connectivity index (χ2v) is 7.23. The average Bonchev–Trinajstić information content (AvgIpc) is 2.88. The number of carbonyl (C=O) groups is 1. The molecule has 3 aliphatic carbocycles. The van der Waals surface area contributed by atoms with Gasteiger partial charge in [-0.2, -0.15) is 0 Å². The van der Waals surface area contributed by atoms with Gasteiger partial charge in [-0.3, -0.25) is 4.79 Å². The molecule has 4 nitrogen and oxygen atoms in total. The Morgan fingerprint density at radius 1 is 1.00 bits per heavy atom. The largest absolute Gasteiger partial charge is 0.507 e. The quantitative estimate of drug-likeness (QED) is 0.692. The van der Waals surface area contributed by atoms with Crippen LogP contribution in [0.4, 0.5) is 0 Å². The number of aryl methyl sites for hydroxylation is 1. The molecule has 3 N–H and O–H groups in total. The van der Waals surface area contributed by atoms with Gasteiger partial charge in [0.25, 0.3) is 0 Å². The van der Waals surface area contributed by atoms with Crippen LogP contribution in [-0.4, -0.2) is 27.2 Å². The van der Waals surface area contributed by atoms with Crippen molar-refractivity contribution in [2.45, 2.75) is 37.9 Å². The summed E-state index contributed by atoms with van der Waals surface area (Å²) in [5.41, 5.74) is 6.61. The molecule has 126 valence electrons. The molecule has 0 heterocycles. The summed E-state index contributed by atoms with van der Waals surface area (Å²) in [6, 6.07) is 9.10. The minimum Gasteiger partial charge on any atom is -0.507 e. The van der Waals surface area contributed by atoms with Gasteiger partial charge in [0, 0.05) is 18.8 Å². The molecule has 0 amide bonds. The molecule has 3 aliphatic rings. The van der Waals surface area contributed by atoms with Crippen LogP contribution in [0.5, 0.6) is 5.75 Å². The molecule has 0 aromatic heterocycles. The van der Waals surface area contributed by atoms with Crippen LogP contribution in [0.1, 0.15) is 63.0 Å². The number of phenolic OH excluding ortho intramolecular Hbond substituents is 1. The van der Waals surface area contributed by atoms with Gasteiger partial charge in [0.05, 0.1) is 17.8 Å². The third kappa shape index (κ3) is 1.76. The van der Waals surface area contributed by atoms with E-state index in [1.165, 1.54) is 6.07 Å². The van der Waals surface area contributed by atoms with Crippen molar-refractivity contribution in [3.05, 3.63) is 63.7 Å². The first-order chi connectivity index (χ1) is 12.0. The number of Topliss-reactive ketones (excluding diaryl/α,β-unsaturated/α-hetero) is 1. The van der Waals surface area contributed by atoms with Crippen molar-refractivity contribution >= 4 is 16.9 Å². The van der Waals surface area contributed by atoms with Crippen molar-refractivity contribution in [2.75, 3.05) is 0 Å². The van der Waals surface area contributed by atoms with Gasteiger partial charge in [-0.1, -0.05) is 24.3 Å². The van der Waals surface area contributed by atoms with E-state index in [1.54, 1.807) is 6.07 Å². The lowest BCUT2D eigenvalue weighted by Gasteiger charge is -2.29. The second kappa shape index (κ2) is 4.81. The predicted octanol–water partition coefficient (Wildman–Crippen LogP) is 3.09. The van der Waals surface area contributed by atoms with Crippen molar-refractivity contribution in [1.82, 2.24) is 0 Å². The second-order valence-electron chi connectivity index (χ2n) is 7.23. The highest BCUT2D eigenvalue weighted by Crippen LogP contribution is 2.58. The Hall–Kier alpha value is -2.43. The molecular formula is C21H18O4. The van der Waals surface area contributed by atoms with Gasteiger partial charge in [-0.05, 0) is 52.0 Å². The van der Waals surface area contributed by atoms with Crippen LogP contribution in [0.15, 0.2) is 30.3 Å². The maximum absolute atomic E-state index is 12.7. The maximum Gasteiger partial charge on any atom is 0.168 e. The van der Waals surface area contributed by atoms with Gasteiger partial charge in [0.15, 0.2) is 5.78 Å². The Morgan fingerprint density at radius 3 is 2.60 bits per heavy atom. The van der Waals surface area contributed by atoms with Crippen LogP contribution >= 0.6 is 0 Å². The van der Waals surface area contributed by atoms with Crippen molar-refractivity contribution in [2.24, 2.45) is 0 Å². The number of hydrogen-bond acceptors (Lipinski definition) is 4. The third-order valence-electron chi connectivity index (χ3n) is 5.89. The average molecular weight is 334 g/mol. The molecule has 0 fully saturated rings. The number of aromatic hydroxyl groups is 1. The number of aliphatic hydroxyl groups is 2. The van der Waals surface area contributed by atoms with Crippen molar-refractivity contribution in [3.8, 4) is 5.75 Å². The number of rotatable bonds is 0. The molecule has 0 spiro atoms. The summed E-state index contributed by atoms with van der Waals surface area (Å²) >= 11 is 0. The van der Waals surface area contributed by atoms with Gasteiger partial charge in [-0.25, -0.2) is 0 Å². The topological polar surface area (TPSA) is 77.8 Å². The van der Waals surface area contributed by atoms with E-state index in [1.807, 2.05) is 25.1 Å². The molecule has 4 heteroatoms. The van der Waals surface area contributed by atoms with E-state index in [-0.39, 0.29) is 30.3 Å². The van der Waals surface area contributed by atoms with Crippen LogP contribution in [0.3, 0.4) is 0 Å². The van der Waals surface area contributed by atoms with Crippen molar-refractivity contribution in [3.63, 3.8) is 0 Å². The fourth-order valence-electron chi connectivity index (χ4n) is 4.92. The molecule has 0 radical (unpaired) electrons. The number of fused-ring (bicyclic) bond motifs is 4. The Bertz CT molecular complexity index is 986. The van der Waals surface area contributed by atoms with Crippen LogP contribution in [0.25, 0.3) is 11.1 Å². The molecular weight excluding hydrogens is 316 g/mol. The zero-order valence-electron chi connectivity index (χ0n) is 13.8. The number of aliphatic hydroxyl groups excluding tert-OH is 2. The van der Waals surface area contributed by atoms with E-state index in [4.69, 9.17) is 0 Å². The number of ketones is 1. The van der Waals surface area contributed by atoms with Gasteiger partial charge >= 0.3 is 0 Å². The molecule has 25 heavy (non-hydrogen) atoms. The zero-order chi connectivity index (χ0) is 17.5. The highest BCUT2D eigenvalue weighted by atomic mass is 16.3. The highest BCUT2D eigenvalue weighted by molar-refractivity contribution is 6.14. The van der Waals surface area contributed by atoms with Gasteiger partial charge < -0.3 is 15.3 Å². The smallest absolute Gasteiger partial charge is 0.168 e. The lowest BCUT2D eigenvalue weighted by molar-refractivity contribution is 0.0971. The molecule has 2 aromatic rings. The molecule has 0 bridgehead atoms. The first-order valence-corrected chi connectivity index (χ1v) is 8.58. The summed E-state index contributed by atoms with van der Waals surface area (Å²) in [4.78, 5) is 12.7. The number of phenols is 1. The summed E-state index contributed by atoms with van der Waals surface area (Å²) < 4.78 is 0. The van der Waals surface area contributed by atoms with Crippen molar-refractivity contribution in [1.29, 1.82) is 0 Å². The van der Waals surface area contributed by atoms with Crippen molar-refractivity contribution < 1.29 is 20.1 Å². The standard InChI is InChI=1S/C21H18O4/c1-9-5-6-10-12-7-14(23)19-11(3-2-4-13(19)22)18(12)21-16(25)8-15(24)17(9)20(10)21/h2-6,12,15-16,22,24-25H,7-8H2,1H3/t12?,15-,16+/m1/s1. The summed E-state index contributed by atoms with van der Waals surface area (Å²) in [7, 11) is 0. The Kier molecular flexibility index (Phi) is 2.86. The minimum atomic E-state index is -0.772. The SMILES string of the molecule is Cc1ccc2c3c1[C@H](O)C[C@H](O)C3=C1c3cccc(O)c3C(=O)CC12. The van der Waals surface area contributed by atoms with E-state index in [9.17, 15) is 20.1 Å². The fourth-order valence-corrected chi connectivity index (χ4v) is 4.92. The van der Waals surface area contributed by atoms with Crippen LogP contribution in [0, 0.1) is 6.92 Å². The number of benzene rings is 2. The summed E-state index contributed by atoms with van der Waals surface area (Å²) in [6.07, 6.45) is -0.938. The fraction of sp³-hybridized carbons (Fsp3) is 0.286. The summed E-state index contributed by atoms with van der Waals surface area (Å²) in [5, 5.41) is 31.5. The number of allylic oxidation sites excluding steroid dienone is 1. The Balaban J connectivity index is 1.90. The molecule has 0 aliphatic heterocycles. The van der Waals surface area contributed by atoms with Crippen LogP contribution < -0.4 is 0 Å². The normalized spacial score (nSPS) is 26.4. The number of carbonyl (C=O) groups excluding carboxylic acids is 1. The molecule has 0 saturated carbocycles. The zero-order valence-corrected chi connectivity index (χ0v) is 13.8. The molecule has 0 saturated heterocycles. The summed E-state index contributed by atoms with van der Waals surface area (Å²) in [6.45, 7) is 1.96. The lowest BCUT2D eigenvalue weighted by atomic mass is 9.77. The molecule has 2 aromatic carbocycles. The molecule has 1 unspecified atom stereocenters. The van der Waals surface area contributed by atoms with Crippen LogP contribution in [-0.2, 0) is 0 Å². The maximum atomic E-state index is 12.7. The van der Waals surface area contributed by atoms with Gasteiger partial charge in [-0.15, -0.1) is 0 Å². The molecule has 3 atom stereocenters. The molecule has 5 rings (SSSR count). The lowest BCUT2D eigenvalue weighted by Crippen LogP contribution is -2.22. The van der Waals surface area contributed by atoms with Crippen LogP contribution in [0.2, 0.25) is 0 Å². The van der Waals surface area contributed by atoms with E-state index < -0.39 is 12.2 Å². The predicted molar refractivity (Wildman–Crippen MR) is 93.4 cm³/mol. The van der Waals surface area contributed by atoms with E-state index in [2.05, 4.69) is 0 Å². The van der Waals surface area contributed by atoms with Gasteiger partial charge in [0.1, 0.15) is 5.75 Å². The summed E-state index contributed by atoms with van der Waals surface area (Å²) in [5.74, 6) is -0.205. The minimum absolute atomic E-state index is 0.00764. The van der Waals surface area contributed by atoms with E-state index in [0.717, 1.165) is 33.4 Å². The van der Waals surface area contributed by atoms with E-state index >= 15 is 0 Å². The monoisotopic (exact) mass is 334 g/mol.